The highest BCUT2D eigenvalue weighted by Crippen LogP contribution is 2.48. The van der Waals surface area contributed by atoms with Crippen LogP contribution in [0.2, 0.25) is 0 Å². The first-order valence-electron chi connectivity index (χ1n) is 10.7. The van der Waals surface area contributed by atoms with E-state index in [1.165, 1.54) is 21.3 Å². The Bertz CT molecular complexity index is 898. The first-order chi connectivity index (χ1) is 15.1. The Labute approximate surface area is 184 Å². The summed E-state index contributed by atoms with van der Waals surface area (Å²) in [6.07, 6.45) is 3.72. The topological polar surface area (TPSA) is 83.3 Å². The van der Waals surface area contributed by atoms with Crippen LogP contribution >= 0.6 is 0 Å². The van der Waals surface area contributed by atoms with Crippen molar-refractivity contribution >= 4 is 5.91 Å². The lowest BCUT2D eigenvalue weighted by atomic mass is 10.1. The molecule has 2 aromatic rings. The number of rotatable bonds is 9. The Balaban J connectivity index is 2.03. The molecule has 3 rings (SSSR count). The summed E-state index contributed by atoms with van der Waals surface area (Å²) >= 11 is 0. The van der Waals surface area contributed by atoms with Gasteiger partial charge in [-0.15, -0.1) is 0 Å². The van der Waals surface area contributed by atoms with E-state index >= 15 is 0 Å². The van der Waals surface area contributed by atoms with Gasteiger partial charge in [0.2, 0.25) is 11.5 Å². The predicted molar refractivity (Wildman–Crippen MR) is 120 cm³/mol. The van der Waals surface area contributed by atoms with Crippen molar-refractivity contribution in [2.75, 3.05) is 34.4 Å². The maximum Gasteiger partial charge on any atom is 0.258 e. The summed E-state index contributed by atoms with van der Waals surface area (Å²) in [6, 6.07) is 9.59. The van der Waals surface area contributed by atoms with Gasteiger partial charge in [0, 0.05) is 18.7 Å². The molecule has 0 radical (unpaired) electrons. The zero-order chi connectivity index (χ0) is 22.4. The van der Waals surface area contributed by atoms with Gasteiger partial charge in [-0.05, 0) is 49.9 Å². The summed E-state index contributed by atoms with van der Waals surface area (Å²) in [6.45, 7) is 3.42. The molecule has 168 valence electrons. The minimum absolute atomic E-state index is 0.0923. The molecule has 2 aromatic carbocycles. The first kappa shape index (κ1) is 22.7. The summed E-state index contributed by atoms with van der Waals surface area (Å²) < 4.78 is 22.9. The number of ether oxygens (including phenoxy) is 4. The van der Waals surface area contributed by atoms with Crippen LogP contribution in [0.3, 0.4) is 0 Å². The molecule has 0 aliphatic carbocycles. The van der Waals surface area contributed by atoms with E-state index in [-0.39, 0.29) is 11.9 Å². The quantitative estimate of drug-likeness (QED) is 0.650. The number of hydrogen-bond donors (Lipinski definition) is 1. The summed E-state index contributed by atoms with van der Waals surface area (Å²) in [5, 5.41) is 0. The van der Waals surface area contributed by atoms with Crippen LogP contribution in [0.4, 0.5) is 0 Å². The molecule has 2 N–H and O–H groups in total. The molecule has 0 saturated carbocycles. The third-order valence-electron chi connectivity index (χ3n) is 5.69. The van der Waals surface area contributed by atoms with E-state index in [4.69, 9.17) is 24.7 Å². The zero-order valence-electron chi connectivity index (χ0n) is 18.8. The van der Waals surface area contributed by atoms with Crippen LogP contribution in [0.1, 0.15) is 42.1 Å². The van der Waals surface area contributed by atoms with Gasteiger partial charge in [0.15, 0.2) is 11.5 Å². The molecule has 0 spiro atoms. The molecule has 1 aliphatic heterocycles. The molecular formula is C24H32N2O5. The molecule has 1 heterocycles. The largest absolute Gasteiger partial charge is 0.492 e. The van der Waals surface area contributed by atoms with E-state index in [0.29, 0.717) is 40.9 Å². The van der Waals surface area contributed by atoms with E-state index in [2.05, 4.69) is 6.92 Å². The van der Waals surface area contributed by atoms with Gasteiger partial charge in [-0.3, -0.25) is 4.79 Å². The van der Waals surface area contributed by atoms with Crippen LogP contribution in [0, 0.1) is 0 Å². The summed E-state index contributed by atoms with van der Waals surface area (Å²) in [5.74, 6) is 1.97. The molecule has 1 aliphatic rings. The monoisotopic (exact) mass is 428 g/mol. The Morgan fingerprint density at radius 2 is 1.74 bits per heavy atom. The van der Waals surface area contributed by atoms with Crippen molar-refractivity contribution in [2.24, 2.45) is 5.73 Å². The first-order valence-corrected chi connectivity index (χ1v) is 10.7. The van der Waals surface area contributed by atoms with Gasteiger partial charge in [0.05, 0.1) is 26.9 Å². The molecular weight excluding hydrogens is 396 g/mol. The number of methoxy groups -OCH3 is 3. The molecule has 7 nitrogen and oxygen atoms in total. The highest BCUT2D eigenvalue weighted by Gasteiger charge is 2.33. The SMILES string of the molecule is CCC1CCCN1C(=O)c1cc(Oc2ccc(CCN)cc2)c(OC)c(OC)c1OC. The van der Waals surface area contributed by atoms with Crippen LogP contribution in [0.15, 0.2) is 30.3 Å². The highest BCUT2D eigenvalue weighted by molar-refractivity contribution is 5.99. The van der Waals surface area contributed by atoms with Gasteiger partial charge in [-0.1, -0.05) is 19.1 Å². The van der Waals surface area contributed by atoms with Gasteiger partial charge in [0.1, 0.15) is 5.75 Å². The van der Waals surface area contributed by atoms with Crippen LogP contribution in [0.5, 0.6) is 28.7 Å². The smallest absolute Gasteiger partial charge is 0.258 e. The lowest BCUT2D eigenvalue weighted by molar-refractivity contribution is 0.0729. The maximum atomic E-state index is 13.5. The Morgan fingerprint density at radius 1 is 1.06 bits per heavy atom. The molecule has 1 saturated heterocycles. The van der Waals surface area contributed by atoms with Crippen molar-refractivity contribution in [2.45, 2.75) is 38.6 Å². The van der Waals surface area contributed by atoms with E-state index < -0.39 is 0 Å². The number of carbonyl (C=O) groups is 1. The van der Waals surface area contributed by atoms with Crippen molar-refractivity contribution < 1.29 is 23.7 Å². The Morgan fingerprint density at radius 3 is 2.32 bits per heavy atom. The fraction of sp³-hybridized carbons (Fsp3) is 0.458. The summed E-state index contributed by atoms with van der Waals surface area (Å²) in [7, 11) is 4.57. The normalized spacial score (nSPS) is 15.6. The highest BCUT2D eigenvalue weighted by atomic mass is 16.5. The third-order valence-corrected chi connectivity index (χ3v) is 5.69. The lowest BCUT2D eigenvalue weighted by Crippen LogP contribution is -2.35. The van der Waals surface area contributed by atoms with Gasteiger partial charge in [0.25, 0.3) is 5.91 Å². The van der Waals surface area contributed by atoms with Crippen LogP contribution in [0.25, 0.3) is 0 Å². The molecule has 0 bridgehead atoms. The van der Waals surface area contributed by atoms with E-state index in [0.717, 1.165) is 37.8 Å². The van der Waals surface area contributed by atoms with Crippen LogP contribution in [-0.2, 0) is 6.42 Å². The van der Waals surface area contributed by atoms with Gasteiger partial charge in [-0.25, -0.2) is 0 Å². The zero-order valence-corrected chi connectivity index (χ0v) is 18.8. The molecule has 1 amide bonds. The summed E-state index contributed by atoms with van der Waals surface area (Å²) in [4.78, 5) is 15.4. The number of nitrogens with zero attached hydrogens (tertiary/aromatic N) is 1. The van der Waals surface area contributed by atoms with E-state index in [9.17, 15) is 4.79 Å². The average Bonchev–Trinajstić information content (AvgIpc) is 3.28. The lowest BCUT2D eigenvalue weighted by Gasteiger charge is -2.26. The molecule has 1 atom stereocenters. The number of carbonyl (C=O) groups excluding carboxylic acids is 1. The maximum absolute atomic E-state index is 13.5. The molecule has 31 heavy (non-hydrogen) atoms. The average molecular weight is 429 g/mol. The van der Waals surface area contributed by atoms with Crippen molar-refractivity contribution in [3.8, 4) is 28.7 Å². The fourth-order valence-electron chi connectivity index (χ4n) is 4.12. The number of nitrogens with two attached hydrogens (primary N) is 1. The molecule has 1 unspecified atom stereocenters. The van der Waals surface area contributed by atoms with Gasteiger partial charge >= 0.3 is 0 Å². The van der Waals surface area contributed by atoms with Crippen LogP contribution < -0.4 is 24.7 Å². The number of likely N-dealkylation sites (tertiary alicyclic amines) is 1. The van der Waals surface area contributed by atoms with Crippen molar-refractivity contribution in [1.29, 1.82) is 0 Å². The van der Waals surface area contributed by atoms with Crippen molar-refractivity contribution in [1.82, 2.24) is 4.90 Å². The standard InChI is InChI=1S/C24H32N2O5/c1-5-17-7-6-14-26(17)24(27)19-15-20(22(29-3)23(30-4)21(19)28-2)31-18-10-8-16(9-11-18)12-13-25/h8-11,15,17H,5-7,12-14,25H2,1-4H3. The minimum Gasteiger partial charge on any atom is -0.492 e. The second-order valence-electron chi connectivity index (χ2n) is 7.51. The molecule has 0 aromatic heterocycles. The second-order valence-corrected chi connectivity index (χ2v) is 7.51. The number of benzene rings is 2. The predicted octanol–water partition coefficient (Wildman–Crippen LogP) is 4.02. The molecule has 7 heteroatoms. The third kappa shape index (κ3) is 4.71. The van der Waals surface area contributed by atoms with E-state index in [1.807, 2.05) is 29.2 Å². The van der Waals surface area contributed by atoms with Crippen molar-refractivity contribution in [3.05, 3.63) is 41.5 Å². The fourth-order valence-corrected chi connectivity index (χ4v) is 4.12. The molecule has 1 fully saturated rings. The van der Waals surface area contributed by atoms with Gasteiger partial charge < -0.3 is 29.6 Å². The number of hydrogen-bond acceptors (Lipinski definition) is 6. The summed E-state index contributed by atoms with van der Waals surface area (Å²) in [5.41, 5.74) is 7.15. The second kappa shape index (κ2) is 10.4. The van der Waals surface area contributed by atoms with Crippen LogP contribution in [-0.4, -0.2) is 51.3 Å². The van der Waals surface area contributed by atoms with Crippen molar-refractivity contribution in [3.63, 3.8) is 0 Å². The minimum atomic E-state index is -0.0923. The van der Waals surface area contributed by atoms with E-state index in [1.54, 1.807) is 6.07 Å². The number of amides is 1. The Kier molecular flexibility index (Phi) is 7.63. The Hall–Kier alpha value is -2.93. The van der Waals surface area contributed by atoms with Gasteiger partial charge in [-0.2, -0.15) is 0 Å².